The quantitative estimate of drug-likeness (QED) is 0.570. The maximum Gasteiger partial charge on any atom is 0.435 e. The molecule has 1 aromatic heterocycles. The number of amides is 1. The fraction of sp³-hybridized carbons (Fsp3) is 0.643. The van der Waals surface area contributed by atoms with Crippen molar-refractivity contribution < 1.29 is 27.5 Å². The molecule has 0 saturated carbocycles. The zero-order valence-corrected chi connectivity index (χ0v) is 14.4. The molecule has 1 amide bonds. The first-order chi connectivity index (χ1) is 11.1. The molecule has 0 saturated heterocycles. The van der Waals surface area contributed by atoms with Crippen molar-refractivity contribution in [2.24, 2.45) is 5.92 Å². The minimum atomic E-state index is -4.54. The molecule has 0 aliphatic carbocycles. The highest BCUT2D eigenvalue weighted by Gasteiger charge is 2.34. The molecule has 1 rings (SSSR count). The number of hydrogen-bond donors (Lipinski definition) is 2. The number of carbonyl (C=O) groups is 2. The van der Waals surface area contributed by atoms with E-state index in [4.69, 9.17) is 4.74 Å². The van der Waals surface area contributed by atoms with Crippen molar-refractivity contribution >= 4 is 24.5 Å². The summed E-state index contributed by atoms with van der Waals surface area (Å²) in [5.41, 5.74) is -0.717. The van der Waals surface area contributed by atoms with E-state index in [0.29, 0.717) is 0 Å². The van der Waals surface area contributed by atoms with E-state index in [-0.39, 0.29) is 24.6 Å². The average molecular weight is 367 g/mol. The molecule has 1 heterocycles. The lowest BCUT2D eigenvalue weighted by molar-refractivity contribution is -0.147. The van der Waals surface area contributed by atoms with E-state index in [1.54, 1.807) is 6.92 Å². The first-order valence-electron chi connectivity index (χ1n) is 7.29. The number of hydrogen-bond acceptors (Lipinski definition) is 5. The Morgan fingerprint density at radius 1 is 1.46 bits per heavy atom. The zero-order chi connectivity index (χ0) is 18.5. The minimum Gasteiger partial charge on any atom is -0.464 e. The zero-order valence-electron chi connectivity index (χ0n) is 13.6. The van der Waals surface area contributed by atoms with Gasteiger partial charge in [0.15, 0.2) is 5.69 Å². The molecule has 0 spiro atoms. The van der Waals surface area contributed by atoms with Crippen LogP contribution in [0.2, 0.25) is 0 Å². The molecule has 6 nitrogen and oxygen atoms in total. The van der Waals surface area contributed by atoms with Crippen LogP contribution in [-0.4, -0.2) is 40.1 Å². The summed E-state index contributed by atoms with van der Waals surface area (Å²) >= 11 is 3.98. The number of halogens is 3. The van der Waals surface area contributed by atoms with Gasteiger partial charge in [0.05, 0.1) is 19.1 Å². The van der Waals surface area contributed by atoms with Gasteiger partial charge in [-0.25, -0.2) is 4.79 Å². The molecule has 136 valence electrons. The summed E-state index contributed by atoms with van der Waals surface area (Å²) in [5.74, 6) is -1.74. The van der Waals surface area contributed by atoms with Gasteiger partial charge in [-0.15, -0.1) is 0 Å². The highest BCUT2D eigenvalue weighted by atomic mass is 32.1. The van der Waals surface area contributed by atoms with E-state index in [1.807, 2.05) is 0 Å². The standard InChI is InChI=1S/C14H20F3N3O3S/c1-4-23-13(22)10(7-24)18-12(21)8(2)6-20-9(3)5-11(19-20)14(15,16)17/h5,8,10,24H,4,6-7H2,1-3H3,(H,18,21)/t8?,10-/m0/s1. The Kier molecular flexibility index (Phi) is 7.12. The fourth-order valence-corrected chi connectivity index (χ4v) is 2.15. The van der Waals surface area contributed by atoms with Gasteiger partial charge in [-0.05, 0) is 19.9 Å². The van der Waals surface area contributed by atoms with Crippen LogP contribution in [-0.2, 0) is 27.0 Å². The molecule has 24 heavy (non-hydrogen) atoms. The molecule has 2 atom stereocenters. The van der Waals surface area contributed by atoms with Crippen molar-refractivity contribution in [1.29, 1.82) is 0 Å². The molecule has 1 aromatic rings. The Labute approximate surface area is 143 Å². The molecule has 0 aromatic carbocycles. The smallest absolute Gasteiger partial charge is 0.435 e. The van der Waals surface area contributed by atoms with Crippen LogP contribution in [0.15, 0.2) is 6.07 Å². The van der Waals surface area contributed by atoms with Crippen LogP contribution in [0, 0.1) is 12.8 Å². The molecule has 0 fully saturated rings. The Morgan fingerprint density at radius 3 is 2.54 bits per heavy atom. The van der Waals surface area contributed by atoms with Gasteiger partial charge in [0.2, 0.25) is 5.91 Å². The largest absolute Gasteiger partial charge is 0.464 e. The van der Waals surface area contributed by atoms with E-state index in [1.165, 1.54) is 13.8 Å². The van der Waals surface area contributed by atoms with E-state index >= 15 is 0 Å². The van der Waals surface area contributed by atoms with Gasteiger partial charge in [0, 0.05) is 11.4 Å². The van der Waals surface area contributed by atoms with Gasteiger partial charge in [0.25, 0.3) is 0 Å². The number of esters is 1. The molecule has 1 unspecified atom stereocenters. The van der Waals surface area contributed by atoms with Crippen LogP contribution in [0.3, 0.4) is 0 Å². The summed E-state index contributed by atoms with van der Waals surface area (Å²) in [5, 5.41) is 5.95. The average Bonchev–Trinajstić information content (AvgIpc) is 2.85. The maximum atomic E-state index is 12.6. The number of nitrogens with one attached hydrogen (secondary N) is 1. The summed E-state index contributed by atoms with van der Waals surface area (Å²) in [6.07, 6.45) is -4.54. The lowest BCUT2D eigenvalue weighted by Crippen LogP contribution is -2.46. The lowest BCUT2D eigenvalue weighted by atomic mass is 10.1. The summed E-state index contributed by atoms with van der Waals surface area (Å²) in [6.45, 7) is 4.76. The Balaban J connectivity index is 2.73. The third kappa shape index (κ3) is 5.43. The number of carbonyl (C=O) groups excluding carboxylic acids is 2. The van der Waals surface area contributed by atoms with Crippen LogP contribution in [0.5, 0.6) is 0 Å². The molecular formula is C14H20F3N3O3S. The van der Waals surface area contributed by atoms with E-state index in [0.717, 1.165) is 10.7 Å². The van der Waals surface area contributed by atoms with Crippen LogP contribution in [0.4, 0.5) is 13.2 Å². The molecule has 0 aliphatic heterocycles. The molecule has 0 aliphatic rings. The van der Waals surface area contributed by atoms with Gasteiger partial charge in [-0.3, -0.25) is 9.48 Å². The third-order valence-electron chi connectivity index (χ3n) is 3.24. The molecule has 0 bridgehead atoms. The molecule has 10 heteroatoms. The lowest BCUT2D eigenvalue weighted by Gasteiger charge is -2.18. The molecule has 1 N–H and O–H groups in total. The van der Waals surface area contributed by atoms with Gasteiger partial charge in [-0.2, -0.15) is 30.9 Å². The van der Waals surface area contributed by atoms with Gasteiger partial charge in [-0.1, -0.05) is 6.92 Å². The Morgan fingerprint density at radius 2 is 2.08 bits per heavy atom. The van der Waals surface area contributed by atoms with E-state index in [9.17, 15) is 22.8 Å². The fourth-order valence-electron chi connectivity index (χ4n) is 1.91. The molecule has 0 radical (unpaired) electrons. The second kappa shape index (κ2) is 8.41. The van der Waals surface area contributed by atoms with Crippen LogP contribution in [0.1, 0.15) is 25.2 Å². The van der Waals surface area contributed by atoms with Gasteiger partial charge < -0.3 is 10.1 Å². The SMILES string of the molecule is CCOC(=O)[C@H](CS)NC(=O)C(C)Cn1nc(C(F)(F)F)cc1C. The van der Waals surface area contributed by atoms with Crippen molar-refractivity contribution in [2.75, 3.05) is 12.4 Å². The normalized spacial score (nSPS) is 14.1. The number of nitrogens with zero attached hydrogens (tertiary/aromatic N) is 2. The summed E-state index contributed by atoms with van der Waals surface area (Å²) in [6, 6.07) is 0.00689. The van der Waals surface area contributed by atoms with Gasteiger partial charge >= 0.3 is 12.1 Å². The summed E-state index contributed by atoms with van der Waals surface area (Å²) < 4.78 is 43.9. The maximum absolute atomic E-state index is 12.6. The minimum absolute atomic E-state index is 0.0458. The third-order valence-corrected chi connectivity index (χ3v) is 3.60. The number of rotatable bonds is 7. The predicted octanol–water partition coefficient (Wildman–Crippen LogP) is 1.82. The Hall–Kier alpha value is -1.71. The first kappa shape index (κ1) is 20.3. The van der Waals surface area contributed by atoms with Crippen molar-refractivity contribution in [3.05, 3.63) is 17.5 Å². The number of aromatic nitrogens is 2. The second-order valence-electron chi connectivity index (χ2n) is 5.25. The number of alkyl halides is 3. The van der Waals surface area contributed by atoms with Crippen molar-refractivity contribution in [3.63, 3.8) is 0 Å². The van der Waals surface area contributed by atoms with E-state index in [2.05, 4.69) is 23.0 Å². The number of thiol groups is 1. The highest BCUT2D eigenvalue weighted by Crippen LogP contribution is 2.28. The van der Waals surface area contributed by atoms with Crippen LogP contribution in [0.25, 0.3) is 0 Å². The predicted molar refractivity (Wildman–Crippen MR) is 83.5 cm³/mol. The second-order valence-corrected chi connectivity index (χ2v) is 5.61. The van der Waals surface area contributed by atoms with Crippen LogP contribution < -0.4 is 5.32 Å². The monoisotopic (exact) mass is 367 g/mol. The molecular weight excluding hydrogens is 347 g/mol. The highest BCUT2D eigenvalue weighted by molar-refractivity contribution is 7.80. The topological polar surface area (TPSA) is 73.2 Å². The van der Waals surface area contributed by atoms with Crippen molar-refractivity contribution in [2.45, 2.75) is 39.5 Å². The Bertz CT molecular complexity index is 590. The van der Waals surface area contributed by atoms with Crippen molar-refractivity contribution in [3.8, 4) is 0 Å². The van der Waals surface area contributed by atoms with E-state index < -0.39 is 35.7 Å². The van der Waals surface area contributed by atoms with Gasteiger partial charge in [0.1, 0.15) is 6.04 Å². The first-order valence-corrected chi connectivity index (χ1v) is 7.92. The number of aryl methyl sites for hydroxylation is 1. The van der Waals surface area contributed by atoms with Crippen molar-refractivity contribution in [1.82, 2.24) is 15.1 Å². The number of ether oxygens (including phenoxy) is 1. The summed E-state index contributed by atoms with van der Waals surface area (Å²) in [4.78, 5) is 23.8. The summed E-state index contributed by atoms with van der Waals surface area (Å²) in [7, 11) is 0. The van der Waals surface area contributed by atoms with Crippen LogP contribution >= 0.6 is 12.6 Å².